The molecule has 1 amide bonds. The van der Waals surface area contributed by atoms with Crippen LogP contribution in [-0.2, 0) is 0 Å². The van der Waals surface area contributed by atoms with Gasteiger partial charge in [0.05, 0.1) is 5.56 Å². The van der Waals surface area contributed by atoms with Gasteiger partial charge in [0.25, 0.3) is 0 Å². The second-order valence-electron chi connectivity index (χ2n) is 6.08. The Morgan fingerprint density at radius 3 is 2.07 bits per heavy atom. The van der Waals surface area contributed by atoms with E-state index in [0.717, 1.165) is 4.74 Å². The van der Waals surface area contributed by atoms with E-state index < -0.39 is 23.3 Å². The minimum atomic E-state index is -0.766. The Bertz CT molecular complexity index is 1220. The molecule has 4 rings (SSSR count). The van der Waals surface area contributed by atoms with Gasteiger partial charge in [0.15, 0.2) is 0 Å². The van der Waals surface area contributed by atoms with E-state index in [9.17, 15) is 18.4 Å². The van der Waals surface area contributed by atoms with E-state index in [1.807, 2.05) is 0 Å². The largest absolute Gasteiger partial charge is 0.366 e. The zero-order valence-corrected chi connectivity index (χ0v) is 14.8. The number of rotatable bonds is 3. The molecule has 0 unspecified atom stereocenters. The summed E-state index contributed by atoms with van der Waals surface area (Å²) >= 11 is 0. The number of anilines is 1. The maximum Gasteiger partial charge on any atom is 0.366 e. The van der Waals surface area contributed by atoms with Crippen molar-refractivity contribution in [3.8, 4) is 22.4 Å². The van der Waals surface area contributed by atoms with Crippen molar-refractivity contribution >= 4 is 11.7 Å². The molecule has 0 aliphatic heterocycles. The quantitative estimate of drug-likeness (QED) is 0.555. The standard InChI is InChI=1S/C21H13F2N3O3/c22-15-3-1-13(2-4-15)18-19(14-9-11-24-12-10-14)26(29-20(18)27)21(28)25-17-7-5-16(23)6-8-17/h1-12H,(H,25,28). The molecule has 0 spiro atoms. The predicted molar refractivity (Wildman–Crippen MR) is 102 cm³/mol. The van der Waals surface area contributed by atoms with Crippen LogP contribution in [0.5, 0.6) is 0 Å². The average molecular weight is 393 g/mol. The van der Waals surface area contributed by atoms with Crippen molar-refractivity contribution < 1.29 is 18.1 Å². The van der Waals surface area contributed by atoms with Gasteiger partial charge in [-0.15, -0.1) is 4.74 Å². The van der Waals surface area contributed by atoms with Gasteiger partial charge in [-0.25, -0.2) is 18.4 Å². The molecule has 0 fully saturated rings. The summed E-state index contributed by atoms with van der Waals surface area (Å²) < 4.78 is 32.4. The van der Waals surface area contributed by atoms with Crippen molar-refractivity contribution in [2.75, 3.05) is 5.32 Å². The molecular formula is C21H13F2N3O3. The maximum atomic E-state index is 13.3. The fraction of sp³-hybridized carbons (Fsp3) is 0. The summed E-state index contributed by atoms with van der Waals surface area (Å²) in [5.74, 6) is -0.913. The molecule has 144 valence electrons. The van der Waals surface area contributed by atoms with Gasteiger partial charge in [0.1, 0.15) is 17.3 Å². The minimum absolute atomic E-state index is 0.102. The van der Waals surface area contributed by atoms with Crippen LogP contribution in [0.4, 0.5) is 19.3 Å². The lowest BCUT2D eigenvalue weighted by Gasteiger charge is -2.09. The third-order valence-electron chi connectivity index (χ3n) is 4.18. The van der Waals surface area contributed by atoms with E-state index in [1.54, 1.807) is 12.1 Å². The number of hydrogen-bond acceptors (Lipinski definition) is 4. The highest BCUT2D eigenvalue weighted by Gasteiger charge is 2.24. The van der Waals surface area contributed by atoms with Gasteiger partial charge in [0.2, 0.25) is 0 Å². The van der Waals surface area contributed by atoms with Gasteiger partial charge in [-0.2, -0.15) is 0 Å². The highest BCUT2D eigenvalue weighted by Crippen LogP contribution is 2.30. The van der Waals surface area contributed by atoms with Gasteiger partial charge in [-0.1, -0.05) is 12.1 Å². The summed E-state index contributed by atoms with van der Waals surface area (Å²) in [6.45, 7) is 0. The second kappa shape index (κ2) is 7.51. The van der Waals surface area contributed by atoms with Gasteiger partial charge in [0, 0.05) is 23.6 Å². The third kappa shape index (κ3) is 3.68. The molecule has 2 aromatic carbocycles. The Kier molecular flexibility index (Phi) is 4.74. The molecule has 2 heterocycles. The molecule has 0 radical (unpaired) electrons. The van der Waals surface area contributed by atoms with Crippen molar-refractivity contribution in [1.82, 2.24) is 9.72 Å². The molecule has 0 atom stereocenters. The van der Waals surface area contributed by atoms with E-state index >= 15 is 0 Å². The maximum absolute atomic E-state index is 13.3. The number of benzene rings is 2. The van der Waals surface area contributed by atoms with Crippen LogP contribution in [0, 0.1) is 11.6 Å². The molecule has 0 aliphatic carbocycles. The minimum Gasteiger partial charge on any atom is -0.326 e. The number of nitrogens with zero attached hydrogens (tertiary/aromatic N) is 2. The molecule has 0 saturated carbocycles. The van der Waals surface area contributed by atoms with Gasteiger partial charge >= 0.3 is 11.7 Å². The number of amides is 1. The number of carbonyl (C=O) groups is 1. The van der Waals surface area contributed by atoms with Crippen molar-refractivity contribution in [3.63, 3.8) is 0 Å². The summed E-state index contributed by atoms with van der Waals surface area (Å²) in [5, 5.41) is 2.55. The fourth-order valence-corrected chi connectivity index (χ4v) is 2.87. The predicted octanol–water partition coefficient (Wildman–Crippen LogP) is 4.53. The summed E-state index contributed by atoms with van der Waals surface area (Å²) in [7, 11) is 0. The molecule has 0 aliphatic rings. The number of nitrogens with one attached hydrogen (secondary N) is 1. The number of aromatic nitrogens is 2. The van der Waals surface area contributed by atoms with Crippen LogP contribution in [0.15, 0.2) is 82.4 Å². The Balaban J connectivity index is 1.84. The molecule has 29 heavy (non-hydrogen) atoms. The average Bonchev–Trinajstić information content (AvgIpc) is 3.08. The molecule has 1 N–H and O–H groups in total. The number of pyridine rings is 1. The Morgan fingerprint density at radius 1 is 0.862 bits per heavy atom. The topological polar surface area (TPSA) is 77.1 Å². The highest BCUT2D eigenvalue weighted by molar-refractivity contribution is 5.95. The Hall–Kier alpha value is -4.07. The van der Waals surface area contributed by atoms with Crippen molar-refractivity contribution in [2.24, 2.45) is 0 Å². The van der Waals surface area contributed by atoms with Crippen LogP contribution in [0.2, 0.25) is 0 Å². The zero-order chi connectivity index (χ0) is 20.4. The lowest BCUT2D eigenvalue weighted by molar-refractivity contribution is 0.220. The number of carbonyl (C=O) groups excluding carboxylic acids is 1. The van der Waals surface area contributed by atoms with Gasteiger partial charge in [-0.05, 0) is 54.1 Å². The molecule has 0 saturated heterocycles. The Morgan fingerprint density at radius 2 is 1.45 bits per heavy atom. The molecule has 6 nitrogen and oxygen atoms in total. The Labute approximate surface area is 163 Å². The lowest BCUT2D eigenvalue weighted by atomic mass is 10.0. The van der Waals surface area contributed by atoms with E-state index in [2.05, 4.69) is 10.3 Å². The number of halogens is 2. The smallest absolute Gasteiger partial charge is 0.326 e. The van der Waals surface area contributed by atoms with Crippen LogP contribution < -0.4 is 10.9 Å². The van der Waals surface area contributed by atoms with Crippen molar-refractivity contribution in [2.45, 2.75) is 0 Å². The molecule has 8 heteroatoms. The van der Waals surface area contributed by atoms with Crippen LogP contribution >= 0.6 is 0 Å². The first-order valence-corrected chi connectivity index (χ1v) is 8.52. The van der Waals surface area contributed by atoms with Crippen LogP contribution in [0.3, 0.4) is 0 Å². The van der Waals surface area contributed by atoms with Gasteiger partial charge in [-0.3, -0.25) is 4.98 Å². The molecular weight excluding hydrogens is 380 g/mol. The zero-order valence-electron chi connectivity index (χ0n) is 14.8. The van der Waals surface area contributed by atoms with Crippen molar-refractivity contribution in [3.05, 3.63) is 95.1 Å². The normalized spacial score (nSPS) is 10.7. The molecule has 0 bridgehead atoms. The van der Waals surface area contributed by atoms with E-state index in [0.29, 0.717) is 16.8 Å². The summed E-state index contributed by atoms with van der Waals surface area (Å²) in [5.41, 5.74) is 0.725. The van der Waals surface area contributed by atoms with Gasteiger partial charge < -0.3 is 9.84 Å². The van der Waals surface area contributed by atoms with Crippen LogP contribution in [-0.4, -0.2) is 15.8 Å². The second-order valence-corrected chi connectivity index (χ2v) is 6.08. The van der Waals surface area contributed by atoms with Crippen LogP contribution in [0.1, 0.15) is 0 Å². The lowest BCUT2D eigenvalue weighted by Crippen LogP contribution is -2.20. The molecule has 2 aromatic heterocycles. The SMILES string of the molecule is O=C(Nc1ccc(F)cc1)n1oc(=O)c(-c2ccc(F)cc2)c1-c1ccncc1. The third-order valence-corrected chi connectivity index (χ3v) is 4.18. The first-order chi connectivity index (χ1) is 14.0. The first kappa shape index (κ1) is 18.3. The van der Waals surface area contributed by atoms with Crippen molar-refractivity contribution in [1.29, 1.82) is 0 Å². The summed E-state index contributed by atoms with van der Waals surface area (Å²) in [4.78, 5) is 29.3. The van der Waals surface area contributed by atoms with E-state index in [1.165, 1.54) is 60.9 Å². The van der Waals surface area contributed by atoms with E-state index in [4.69, 9.17) is 4.52 Å². The highest BCUT2D eigenvalue weighted by atomic mass is 19.1. The summed E-state index contributed by atoms with van der Waals surface area (Å²) in [6, 6.07) is 12.9. The fourth-order valence-electron chi connectivity index (χ4n) is 2.87. The first-order valence-electron chi connectivity index (χ1n) is 8.52. The van der Waals surface area contributed by atoms with Crippen LogP contribution in [0.25, 0.3) is 22.4 Å². The monoisotopic (exact) mass is 393 g/mol. The molecule has 4 aromatic rings. The number of hydrogen-bond donors (Lipinski definition) is 1. The summed E-state index contributed by atoms with van der Waals surface area (Å²) in [6.07, 6.45) is 3.01. The van der Waals surface area contributed by atoms with E-state index in [-0.39, 0.29) is 11.3 Å².